The highest BCUT2D eigenvalue weighted by molar-refractivity contribution is 5.92. The minimum absolute atomic E-state index is 0.566. The highest BCUT2D eigenvalue weighted by Crippen LogP contribution is 2.29. The van der Waals surface area contributed by atoms with Crippen LogP contribution in [0.15, 0.2) is 67.0 Å². The molecule has 1 aliphatic heterocycles. The van der Waals surface area contributed by atoms with Crippen LogP contribution in [-0.2, 0) is 6.61 Å². The summed E-state index contributed by atoms with van der Waals surface area (Å²) in [6.45, 7) is 4.44. The van der Waals surface area contributed by atoms with E-state index in [0.717, 1.165) is 65.6 Å². The van der Waals surface area contributed by atoms with Crippen LogP contribution in [-0.4, -0.2) is 41.1 Å². The normalized spacial score (nSPS) is 14.3. The molecular formula is C23H23N5O. The van der Waals surface area contributed by atoms with Crippen LogP contribution in [0.1, 0.15) is 5.56 Å². The van der Waals surface area contributed by atoms with E-state index in [2.05, 4.69) is 55.5 Å². The summed E-state index contributed by atoms with van der Waals surface area (Å²) >= 11 is 0. The van der Waals surface area contributed by atoms with E-state index in [1.54, 1.807) is 6.33 Å². The Balaban J connectivity index is 1.36. The number of nitrogens with zero attached hydrogens (tertiary/aromatic N) is 3. The zero-order valence-corrected chi connectivity index (χ0v) is 16.1. The second kappa shape index (κ2) is 7.93. The van der Waals surface area contributed by atoms with Crippen LogP contribution in [0.4, 0.5) is 5.82 Å². The van der Waals surface area contributed by atoms with E-state index in [0.29, 0.717) is 6.61 Å². The first-order valence-electron chi connectivity index (χ1n) is 9.93. The van der Waals surface area contributed by atoms with Gasteiger partial charge in [-0.1, -0.05) is 30.3 Å². The Hall–Kier alpha value is -3.38. The van der Waals surface area contributed by atoms with Crippen molar-refractivity contribution in [3.05, 3.63) is 72.6 Å². The average molecular weight is 385 g/mol. The Labute approximate surface area is 169 Å². The molecule has 0 bridgehead atoms. The van der Waals surface area contributed by atoms with Crippen LogP contribution in [0, 0.1) is 0 Å². The molecule has 146 valence electrons. The third kappa shape index (κ3) is 3.79. The highest BCUT2D eigenvalue weighted by atomic mass is 16.5. The van der Waals surface area contributed by atoms with Crippen LogP contribution in [0.2, 0.25) is 0 Å². The van der Waals surface area contributed by atoms with Crippen molar-refractivity contribution in [3.8, 4) is 17.0 Å². The van der Waals surface area contributed by atoms with E-state index >= 15 is 0 Å². The van der Waals surface area contributed by atoms with Crippen LogP contribution in [0.3, 0.4) is 0 Å². The van der Waals surface area contributed by atoms with Gasteiger partial charge in [0.15, 0.2) is 0 Å². The van der Waals surface area contributed by atoms with E-state index in [4.69, 9.17) is 4.74 Å². The molecule has 3 heterocycles. The average Bonchev–Trinajstić information content (AvgIpc) is 3.24. The van der Waals surface area contributed by atoms with Crippen LogP contribution in [0.5, 0.6) is 5.75 Å². The van der Waals surface area contributed by atoms with Crippen molar-refractivity contribution in [2.45, 2.75) is 6.61 Å². The molecular weight excluding hydrogens is 362 g/mol. The molecule has 2 aromatic heterocycles. The molecule has 1 fully saturated rings. The first-order valence-corrected chi connectivity index (χ1v) is 9.93. The summed E-state index contributed by atoms with van der Waals surface area (Å²) < 4.78 is 5.90. The number of hydrogen-bond acceptors (Lipinski definition) is 5. The lowest BCUT2D eigenvalue weighted by molar-refractivity contribution is 0.306. The van der Waals surface area contributed by atoms with E-state index in [9.17, 15) is 0 Å². The van der Waals surface area contributed by atoms with Gasteiger partial charge in [-0.2, -0.15) is 0 Å². The Morgan fingerprint density at radius 2 is 1.72 bits per heavy atom. The predicted octanol–water partition coefficient (Wildman–Crippen LogP) is 3.61. The fourth-order valence-corrected chi connectivity index (χ4v) is 3.68. The van der Waals surface area contributed by atoms with Crippen molar-refractivity contribution < 1.29 is 4.74 Å². The number of rotatable bonds is 5. The maximum atomic E-state index is 5.90. The number of hydrogen-bond donors (Lipinski definition) is 2. The number of nitrogens with one attached hydrogen (secondary N) is 2. The quantitative estimate of drug-likeness (QED) is 0.549. The van der Waals surface area contributed by atoms with Crippen molar-refractivity contribution in [2.24, 2.45) is 0 Å². The third-order valence-electron chi connectivity index (χ3n) is 5.23. The van der Waals surface area contributed by atoms with Gasteiger partial charge in [0, 0.05) is 31.9 Å². The van der Waals surface area contributed by atoms with Crippen molar-refractivity contribution in [1.82, 2.24) is 20.3 Å². The minimum Gasteiger partial charge on any atom is -0.489 e. The number of fused-ring (bicyclic) bond motifs is 1. The molecule has 1 aliphatic rings. The molecule has 6 heteroatoms. The number of aromatic nitrogens is 3. The van der Waals surface area contributed by atoms with E-state index in [-0.39, 0.29) is 0 Å². The zero-order valence-electron chi connectivity index (χ0n) is 16.1. The van der Waals surface area contributed by atoms with Gasteiger partial charge in [-0.25, -0.2) is 9.97 Å². The Kier molecular flexibility index (Phi) is 4.84. The molecule has 2 N–H and O–H groups in total. The summed E-state index contributed by atoms with van der Waals surface area (Å²) in [4.78, 5) is 14.7. The van der Waals surface area contributed by atoms with Gasteiger partial charge in [0.2, 0.25) is 0 Å². The molecule has 2 aromatic carbocycles. The van der Waals surface area contributed by atoms with Crippen LogP contribution in [0.25, 0.3) is 22.3 Å². The largest absolute Gasteiger partial charge is 0.489 e. The maximum absolute atomic E-state index is 5.90. The first kappa shape index (κ1) is 17.7. The van der Waals surface area contributed by atoms with Gasteiger partial charge in [0.05, 0.1) is 5.39 Å². The standard InChI is InChI=1S/C23H23N5O/c1-2-4-17(5-3-1)15-29-19-8-6-18(7-9-19)21-14-20-22(27-21)25-16-26-23(20)28-12-10-24-11-13-28/h1-9,14,16,24H,10-13,15H2,(H,25,26,27). The van der Waals surface area contributed by atoms with Crippen molar-refractivity contribution in [1.29, 1.82) is 0 Å². The second-order valence-corrected chi connectivity index (χ2v) is 7.18. The van der Waals surface area contributed by atoms with Gasteiger partial charge in [0.1, 0.15) is 30.1 Å². The van der Waals surface area contributed by atoms with Crippen LogP contribution < -0.4 is 15.0 Å². The number of benzene rings is 2. The van der Waals surface area contributed by atoms with Gasteiger partial charge < -0.3 is 19.9 Å². The summed E-state index contributed by atoms with van der Waals surface area (Å²) in [7, 11) is 0. The molecule has 0 unspecified atom stereocenters. The molecule has 4 aromatic rings. The molecule has 29 heavy (non-hydrogen) atoms. The summed E-state index contributed by atoms with van der Waals surface area (Å²) in [6, 6.07) is 20.5. The molecule has 0 atom stereocenters. The van der Waals surface area contributed by atoms with E-state index in [1.807, 2.05) is 30.3 Å². The molecule has 0 radical (unpaired) electrons. The highest BCUT2D eigenvalue weighted by Gasteiger charge is 2.17. The van der Waals surface area contributed by atoms with Gasteiger partial charge in [0.25, 0.3) is 0 Å². The fourth-order valence-electron chi connectivity index (χ4n) is 3.68. The molecule has 0 amide bonds. The smallest absolute Gasteiger partial charge is 0.143 e. The number of ether oxygens (including phenoxy) is 1. The first-order chi connectivity index (χ1) is 14.4. The second-order valence-electron chi connectivity index (χ2n) is 7.18. The Morgan fingerprint density at radius 3 is 2.52 bits per heavy atom. The summed E-state index contributed by atoms with van der Waals surface area (Å²) in [5, 5.41) is 4.45. The van der Waals surface area contributed by atoms with Gasteiger partial charge in [-0.15, -0.1) is 0 Å². The predicted molar refractivity (Wildman–Crippen MR) is 115 cm³/mol. The SMILES string of the molecule is c1ccc(COc2ccc(-c3cc4c(N5CCNCC5)ncnc4[nH]3)cc2)cc1. The summed E-state index contributed by atoms with van der Waals surface area (Å²) in [5.41, 5.74) is 4.16. The molecule has 1 saturated heterocycles. The lowest BCUT2D eigenvalue weighted by Gasteiger charge is -2.28. The van der Waals surface area contributed by atoms with E-state index < -0.39 is 0 Å². The summed E-state index contributed by atoms with van der Waals surface area (Å²) in [5.74, 6) is 1.86. The van der Waals surface area contributed by atoms with Gasteiger partial charge >= 0.3 is 0 Å². The number of anilines is 1. The lowest BCUT2D eigenvalue weighted by atomic mass is 10.1. The maximum Gasteiger partial charge on any atom is 0.143 e. The number of aromatic amines is 1. The van der Waals surface area contributed by atoms with Crippen molar-refractivity contribution in [3.63, 3.8) is 0 Å². The van der Waals surface area contributed by atoms with Gasteiger partial charge in [-0.05, 0) is 41.5 Å². The minimum atomic E-state index is 0.566. The van der Waals surface area contributed by atoms with Gasteiger partial charge in [-0.3, -0.25) is 0 Å². The fraction of sp³-hybridized carbons (Fsp3) is 0.217. The van der Waals surface area contributed by atoms with Crippen molar-refractivity contribution in [2.75, 3.05) is 31.1 Å². The van der Waals surface area contributed by atoms with E-state index in [1.165, 1.54) is 0 Å². The topological polar surface area (TPSA) is 66.1 Å². The lowest BCUT2D eigenvalue weighted by Crippen LogP contribution is -2.43. The monoisotopic (exact) mass is 385 g/mol. The Bertz CT molecular complexity index is 1090. The molecule has 0 aliphatic carbocycles. The third-order valence-corrected chi connectivity index (χ3v) is 5.23. The Morgan fingerprint density at radius 1 is 0.931 bits per heavy atom. The molecule has 0 saturated carbocycles. The molecule has 5 rings (SSSR count). The zero-order chi connectivity index (χ0) is 19.5. The summed E-state index contributed by atoms with van der Waals surface area (Å²) in [6.07, 6.45) is 1.64. The molecule has 0 spiro atoms. The number of piperazine rings is 1. The van der Waals surface area contributed by atoms with Crippen molar-refractivity contribution >= 4 is 16.9 Å². The van der Waals surface area contributed by atoms with Crippen LogP contribution >= 0.6 is 0 Å². The molecule has 6 nitrogen and oxygen atoms in total. The number of H-pyrrole nitrogens is 1.